The van der Waals surface area contributed by atoms with Crippen molar-refractivity contribution < 1.29 is 17.9 Å². The largest absolute Gasteiger partial charge is 0.454 e. The van der Waals surface area contributed by atoms with Crippen LogP contribution >= 0.6 is 0 Å². The number of aryl methyl sites for hydroxylation is 1. The molecule has 1 aromatic heterocycles. The van der Waals surface area contributed by atoms with Crippen LogP contribution < -0.4 is 9.47 Å². The van der Waals surface area contributed by atoms with Crippen molar-refractivity contribution in [3.8, 4) is 11.5 Å². The first-order valence-corrected chi connectivity index (χ1v) is 10.6. The number of piperazine rings is 1. The molecule has 4 rings (SSSR count). The Morgan fingerprint density at radius 2 is 1.85 bits per heavy atom. The maximum Gasteiger partial charge on any atom is 0.246 e. The van der Waals surface area contributed by atoms with Gasteiger partial charge >= 0.3 is 0 Å². The first-order valence-electron chi connectivity index (χ1n) is 9.12. The minimum absolute atomic E-state index is 0.267. The predicted octanol–water partition coefficient (Wildman–Crippen LogP) is 1.45. The van der Waals surface area contributed by atoms with Crippen LogP contribution in [0, 0.1) is 6.92 Å². The third kappa shape index (κ3) is 3.42. The van der Waals surface area contributed by atoms with Crippen LogP contribution in [0.2, 0.25) is 0 Å². The zero-order valence-electron chi connectivity index (χ0n) is 15.6. The zero-order valence-corrected chi connectivity index (χ0v) is 16.4. The van der Waals surface area contributed by atoms with E-state index in [1.165, 1.54) is 6.20 Å². The van der Waals surface area contributed by atoms with Crippen molar-refractivity contribution in [2.75, 3.05) is 33.0 Å². The van der Waals surface area contributed by atoms with Gasteiger partial charge in [0, 0.05) is 39.3 Å². The lowest BCUT2D eigenvalue weighted by molar-refractivity contribution is 0.173. The Hall–Kier alpha value is -2.10. The molecule has 2 aromatic rings. The number of hydrogen-bond acceptors (Lipinski definition) is 6. The van der Waals surface area contributed by atoms with E-state index >= 15 is 0 Å². The van der Waals surface area contributed by atoms with E-state index in [1.54, 1.807) is 15.9 Å². The summed E-state index contributed by atoms with van der Waals surface area (Å²) in [5.74, 6) is 1.55. The molecule has 1 aromatic carbocycles. The molecule has 0 aliphatic carbocycles. The van der Waals surface area contributed by atoms with Gasteiger partial charge in [0.05, 0.1) is 11.9 Å². The van der Waals surface area contributed by atoms with Crippen LogP contribution in [0.4, 0.5) is 0 Å². The normalized spacial score (nSPS) is 18.1. The summed E-state index contributed by atoms with van der Waals surface area (Å²) in [7, 11) is -3.50. The summed E-state index contributed by atoms with van der Waals surface area (Å²) >= 11 is 0. The second-order valence-electron chi connectivity index (χ2n) is 6.78. The lowest BCUT2D eigenvalue weighted by Gasteiger charge is -2.33. The van der Waals surface area contributed by atoms with E-state index < -0.39 is 10.0 Å². The molecule has 0 spiro atoms. The molecule has 1 fully saturated rings. The van der Waals surface area contributed by atoms with Gasteiger partial charge < -0.3 is 9.47 Å². The van der Waals surface area contributed by atoms with Gasteiger partial charge in [0.15, 0.2) is 11.5 Å². The molecule has 0 N–H and O–H groups in total. The molecular formula is C18H24N4O4S. The lowest BCUT2D eigenvalue weighted by Crippen LogP contribution is -2.48. The van der Waals surface area contributed by atoms with E-state index in [0.29, 0.717) is 43.3 Å². The van der Waals surface area contributed by atoms with E-state index in [0.717, 1.165) is 23.6 Å². The Kier molecular flexibility index (Phi) is 4.83. The van der Waals surface area contributed by atoms with E-state index in [1.807, 2.05) is 25.1 Å². The third-order valence-corrected chi connectivity index (χ3v) is 7.15. The number of sulfonamides is 1. The quantitative estimate of drug-likeness (QED) is 0.767. The van der Waals surface area contributed by atoms with Gasteiger partial charge in [-0.3, -0.25) is 9.58 Å². The van der Waals surface area contributed by atoms with E-state index in [4.69, 9.17) is 9.47 Å². The molecule has 0 atom stereocenters. The van der Waals surface area contributed by atoms with Gasteiger partial charge in [-0.05, 0) is 31.5 Å². The van der Waals surface area contributed by atoms with Gasteiger partial charge in [-0.2, -0.15) is 9.40 Å². The zero-order chi connectivity index (χ0) is 19.0. The van der Waals surface area contributed by atoms with Crippen LogP contribution in [0.3, 0.4) is 0 Å². The predicted molar refractivity (Wildman–Crippen MR) is 99.2 cm³/mol. The molecule has 9 heteroatoms. The number of benzene rings is 1. The summed E-state index contributed by atoms with van der Waals surface area (Å²) in [6, 6.07) is 5.94. The van der Waals surface area contributed by atoms with Crippen molar-refractivity contribution in [3.05, 3.63) is 35.7 Å². The van der Waals surface area contributed by atoms with E-state index in [2.05, 4.69) is 10.00 Å². The van der Waals surface area contributed by atoms with Crippen molar-refractivity contribution in [1.82, 2.24) is 19.0 Å². The molecule has 0 unspecified atom stereocenters. The molecule has 0 saturated carbocycles. The van der Waals surface area contributed by atoms with Crippen LogP contribution in [0.25, 0.3) is 0 Å². The fraction of sp³-hybridized carbons (Fsp3) is 0.500. The Bertz CT molecular complexity index is 933. The number of aromatic nitrogens is 2. The van der Waals surface area contributed by atoms with Gasteiger partial charge in [-0.25, -0.2) is 8.42 Å². The molecule has 1 saturated heterocycles. The second kappa shape index (κ2) is 7.14. The fourth-order valence-electron chi connectivity index (χ4n) is 3.57. The Balaban J connectivity index is 1.40. The maximum absolute atomic E-state index is 13.0. The lowest BCUT2D eigenvalue weighted by atomic mass is 10.2. The summed E-state index contributed by atoms with van der Waals surface area (Å²) in [6.07, 6.45) is 1.47. The van der Waals surface area contributed by atoms with Gasteiger partial charge in [-0.15, -0.1) is 0 Å². The molecule has 0 radical (unpaired) electrons. The second-order valence-corrected chi connectivity index (χ2v) is 8.68. The van der Waals surface area contributed by atoms with Crippen LogP contribution in [-0.2, 0) is 23.1 Å². The first kappa shape index (κ1) is 18.3. The summed E-state index contributed by atoms with van der Waals surface area (Å²) < 4.78 is 39.9. The summed E-state index contributed by atoms with van der Waals surface area (Å²) in [6.45, 7) is 7.77. The van der Waals surface area contributed by atoms with Crippen molar-refractivity contribution in [1.29, 1.82) is 0 Å². The standard InChI is InChI=1S/C18H24N4O4S/c1-3-22-14(2)18(11-19-22)27(23,24)21-8-6-20(7-9-21)12-15-4-5-16-17(10-15)26-13-25-16/h4-5,10-11H,3,6-9,12-13H2,1-2H3. The summed E-state index contributed by atoms with van der Waals surface area (Å²) in [5.41, 5.74) is 1.83. The minimum atomic E-state index is -3.50. The van der Waals surface area contributed by atoms with E-state index in [9.17, 15) is 8.42 Å². The number of fused-ring (bicyclic) bond motifs is 1. The number of nitrogens with zero attached hydrogens (tertiary/aromatic N) is 4. The van der Waals surface area contributed by atoms with Crippen LogP contribution in [0.5, 0.6) is 11.5 Å². The third-order valence-electron chi connectivity index (χ3n) is 5.15. The van der Waals surface area contributed by atoms with Crippen LogP contribution in [0.1, 0.15) is 18.2 Å². The minimum Gasteiger partial charge on any atom is -0.454 e. The molecule has 146 valence electrons. The summed E-state index contributed by atoms with van der Waals surface area (Å²) in [4.78, 5) is 2.57. The first-order chi connectivity index (χ1) is 13.0. The highest BCUT2D eigenvalue weighted by atomic mass is 32.2. The van der Waals surface area contributed by atoms with Crippen LogP contribution in [0.15, 0.2) is 29.3 Å². The highest BCUT2D eigenvalue weighted by Gasteiger charge is 2.31. The SMILES string of the molecule is CCn1ncc(S(=O)(=O)N2CCN(Cc3ccc4c(c3)OCO4)CC2)c1C. The molecular weight excluding hydrogens is 368 g/mol. The highest BCUT2D eigenvalue weighted by molar-refractivity contribution is 7.89. The van der Waals surface area contributed by atoms with Gasteiger partial charge in [0.1, 0.15) is 4.90 Å². The topological polar surface area (TPSA) is 76.9 Å². The molecule has 3 heterocycles. The average Bonchev–Trinajstić information content (AvgIpc) is 3.28. The Morgan fingerprint density at radius 3 is 2.56 bits per heavy atom. The van der Waals surface area contributed by atoms with E-state index in [-0.39, 0.29) is 6.79 Å². The Morgan fingerprint density at radius 1 is 1.11 bits per heavy atom. The smallest absolute Gasteiger partial charge is 0.246 e. The van der Waals surface area contributed by atoms with Crippen molar-refractivity contribution in [3.63, 3.8) is 0 Å². The van der Waals surface area contributed by atoms with Gasteiger partial charge in [0.25, 0.3) is 0 Å². The molecule has 0 bridgehead atoms. The highest BCUT2D eigenvalue weighted by Crippen LogP contribution is 2.33. The van der Waals surface area contributed by atoms with Gasteiger partial charge in [-0.1, -0.05) is 6.07 Å². The number of hydrogen-bond donors (Lipinski definition) is 0. The van der Waals surface area contributed by atoms with Crippen molar-refractivity contribution >= 4 is 10.0 Å². The summed E-state index contributed by atoms with van der Waals surface area (Å²) in [5, 5.41) is 4.17. The Labute approximate surface area is 159 Å². The van der Waals surface area contributed by atoms with Gasteiger partial charge in [0.2, 0.25) is 16.8 Å². The van der Waals surface area contributed by atoms with Crippen LogP contribution in [-0.4, -0.2) is 60.4 Å². The number of rotatable bonds is 5. The van der Waals surface area contributed by atoms with Crippen molar-refractivity contribution in [2.45, 2.75) is 31.8 Å². The monoisotopic (exact) mass is 392 g/mol. The molecule has 2 aliphatic heterocycles. The molecule has 0 amide bonds. The average molecular weight is 392 g/mol. The van der Waals surface area contributed by atoms with Crippen molar-refractivity contribution in [2.24, 2.45) is 0 Å². The molecule has 8 nitrogen and oxygen atoms in total. The number of ether oxygens (including phenoxy) is 2. The molecule has 27 heavy (non-hydrogen) atoms. The fourth-order valence-corrected chi connectivity index (χ4v) is 5.15. The molecule has 2 aliphatic rings. The maximum atomic E-state index is 13.0.